The van der Waals surface area contributed by atoms with Gasteiger partial charge in [0.15, 0.2) is 11.6 Å². The molecular weight excluding hydrogens is 280 g/mol. The zero-order valence-corrected chi connectivity index (χ0v) is 12.0. The maximum absolute atomic E-state index is 5.26. The second-order valence-electron chi connectivity index (χ2n) is 4.31. The molecule has 0 aliphatic heterocycles. The molecule has 0 amide bonds. The van der Waals surface area contributed by atoms with Gasteiger partial charge in [0.1, 0.15) is 0 Å². The minimum Gasteiger partial charge on any atom is -0.456 e. The van der Waals surface area contributed by atoms with Gasteiger partial charge < -0.3 is 4.74 Å². The highest BCUT2D eigenvalue weighted by molar-refractivity contribution is 7.16. The Morgan fingerprint density at radius 1 is 0.905 bits per heavy atom. The monoisotopic (exact) mass is 292 g/mol. The fourth-order valence-corrected chi connectivity index (χ4v) is 2.62. The van der Waals surface area contributed by atoms with Crippen LogP contribution in [0.3, 0.4) is 0 Å². The summed E-state index contributed by atoms with van der Waals surface area (Å²) in [6.45, 7) is 0.210. The zero-order chi connectivity index (χ0) is 14.5. The number of rotatable bonds is 4. The third-order valence-corrected chi connectivity index (χ3v) is 3.81. The standard InChI is InChI=1S/C17H12N2OS/c1-2-12-20-17-19-18-16(21-17)15-10-8-14(9-11-15)13-6-4-3-5-7-13/h1,3-11H,12H2. The lowest BCUT2D eigenvalue weighted by Gasteiger charge is -2.02. The SMILES string of the molecule is C#CCOc1nnc(-c2ccc(-c3ccccc3)cc2)s1. The third-order valence-electron chi connectivity index (χ3n) is 2.92. The topological polar surface area (TPSA) is 35.0 Å². The van der Waals surface area contributed by atoms with Crippen molar-refractivity contribution in [3.8, 4) is 39.2 Å². The second-order valence-corrected chi connectivity index (χ2v) is 5.25. The third kappa shape index (κ3) is 3.10. The van der Waals surface area contributed by atoms with Gasteiger partial charge in [-0.05, 0) is 11.1 Å². The van der Waals surface area contributed by atoms with Crippen LogP contribution in [-0.4, -0.2) is 16.8 Å². The first-order chi connectivity index (χ1) is 10.4. The molecule has 0 unspecified atom stereocenters. The Morgan fingerprint density at radius 3 is 2.29 bits per heavy atom. The molecule has 102 valence electrons. The van der Waals surface area contributed by atoms with E-state index in [0.29, 0.717) is 5.19 Å². The molecule has 3 nitrogen and oxygen atoms in total. The Morgan fingerprint density at radius 2 is 1.57 bits per heavy atom. The van der Waals surface area contributed by atoms with E-state index in [0.717, 1.165) is 10.6 Å². The number of aromatic nitrogens is 2. The van der Waals surface area contributed by atoms with Crippen molar-refractivity contribution in [1.82, 2.24) is 10.2 Å². The Kier molecular flexibility index (Phi) is 3.95. The molecule has 3 rings (SSSR count). The Labute approximate surface area is 127 Å². The number of hydrogen-bond acceptors (Lipinski definition) is 4. The van der Waals surface area contributed by atoms with Crippen molar-refractivity contribution in [3.05, 3.63) is 54.6 Å². The van der Waals surface area contributed by atoms with Crippen LogP contribution in [0.15, 0.2) is 54.6 Å². The van der Waals surface area contributed by atoms with Crippen LogP contribution < -0.4 is 4.74 Å². The highest BCUT2D eigenvalue weighted by Gasteiger charge is 2.07. The van der Waals surface area contributed by atoms with Gasteiger partial charge in [0.2, 0.25) is 0 Å². The van der Waals surface area contributed by atoms with Crippen LogP contribution in [0.2, 0.25) is 0 Å². The molecule has 2 aromatic carbocycles. The first-order valence-electron chi connectivity index (χ1n) is 6.42. The fourth-order valence-electron chi connectivity index (χ4n) is 1.92. The lowest BCUT2D eigenvalue weighted by molar-refractivity contribution is 0.364. The van der Waals surface area contributed by atoms with E-state index in [1.807, 2.05) is 30.3 Å². The molecule has 3 aromatic rings. The highest BCUT2D eigenvalue weighted by atomic mass is 32.1. The average molecular weight is 292 g/mol. The fraction of sp³-hybridized carbons (Fsp3) is 0.0588. The summed E-state index contributed by atoms with van der Waals surface area (Å²) in [6.07, 6.45) is 5.15. The van der Waals surface area contributed by atoms with Gasteiger partial charge in [-0.15, -0.1) is 11.5 Å². The molecule has 0 atom stereocenters. The molecule has 1 heterocycles. The van der Waals surface area contributed by atoms with Crippen LogP contribution >= 0.6 is 11.3 Å². The Hall–Kier alpha value is -2.64. The van der Waals surface area contributed by atoms with Crippen molar-refractivity contribution in [2.75, 3.05) is 6.61 Å². The molecule has 4 heteroatoms. The summed E-state index contributed by atoms with van der Waals surface area (Å²) in [7, 11) is 0. The van der Waals surface area contributed by atoms with Crippen molar-refractivity contribution < 1.29 is 4.74 Å². The summed E-state index contributed by atoms with van der Waals surface area (Å²) >= 11 is 1.39. The number of hydrogen-bond donors (Lipinski definition) is 0. The summed E-state index contributed by atoms with van der Waals surface area (Å²) in [5.41, 5.74) is 3.38. The second kappa shape index (κ2) is 6.21. The van der Waals surface area contributed by atoms with Crippen molar-refractivity contribution in [2.24, 2.45) is 0 Å². The minimum atomic E-state index is 0.210. The maximum atomic E-state index is 5.26. The van der Waals surface area contributed by atoms with E-state index in [-0.39, 0.29) is 6.61 Å². The van der Waals surface area contributed by atoms with Gasteiger partial charge in [-0.3, -0.25) is 0 Å². The summed E-state index contributed by atoms with van der Waals surface area (Å²) in [5, 5.41) is 9.39. The van der Waals surface area contributed by atoms with Gasteiger partial charge in [-0.1, -0.05) is 77.0 Å². The number of terminal acetylenes is 1. The van der Waals surface area contributed by atoms with E-state index >= 15 is 0 Å². The molecule has 21 heavy (non-hydrogen) atoms. The zero-order valence-electron chi connectivity index (χ0n) is 11.2. The first-order valence-corrected chi connectivity index (χ1v) is 7.24. The van der Waals surface area contributed by atoms with Crippen LogP contribution in [-0.2, 0) is 0 Å². The lowest BCUT2D eigenvalue weighted by Crippen LogP contribution is -1.91. The van der Waals surface area contributed by atoms with E-state index in [1.165, 1.54) is 22.5 Å². The molecule has 0 N–H and O–H groups in total. The minimum absolute atomic E-state index is 0.210. The smallest absolute Gasteiger partial charge is 0.295 e. The lowest BCUT2D eigenvalue weighted by atomic mass is 10.0. The first kappa shape index (κ1) is 13.3. The molecule has 0 fully saturated rings. The van der Waals surface area contributed by atoms with E-state index in [2.05, 4.69) is 40.4 Å². The highest BCUT2D eigenvalue weighted by Crippen LogP contribution is 2.29. The maximum Gasteiger partial charge on any atom is 0.295 e. The van der Waals surface area contributed by atoms with Gasteiger partial charge >= 0.3 is 0 Å². The largest absolute Gasteiger partial charge is 0.456 e. The van der Waals surface area contributed by atoms with E-state index in [9.17, 15) is 0 Å². The van der Waals surface area contributed by atoms with Gasteiger partial charge in [0.25, 0.3) is 5.19 Å². The molecule has 0 aliphatic rings. The van der Waals surface area contributed by atoms with Gasteiger partial charge in [0, 0.05) is 5.56 Å². The van der Waals surface area contributed by atoms with Crippen LogP contribution in [0.5, 0.6) is 5.19 Å². The van der Waals surface area contributed by atoms with Crippen molar-refractivity contribution >= 4 is 11.3 Å². The predicted molar refractivity (Wildman–Crippen MR) is 85.1 cm³/mol. The van der Waals surface area contributed by atoms with Crippen molar-refractivity contribution in [1.29, 1.82) is 0 Å². The van der Waals surface area contributed by atoms with Crippen LogP contribution in [0.1, 0.15) is 0 Å². The van der Waals surface area contributed by atoms with Crippen LogP contribution in [0.4, 0.5) is 0 Å². The summed E-state index contributed by atoms with van der Waals surface area (Å²) in [4.78, 5) is 0. The van der Waals surface area contributed by atoms with Crippen molar-refractivity contribution in [2.45, 2.75) is 0 Å². The van der Waals surface area contributed by atoms with Gasteiger partial charge in [-0.2, -0.15) is 0 Å². The van der Waals surface area contributed by atoms with E-state index < -0.39 is 0 Å². The van der Waals surface area contributed by atoms with Gasteiger partial charge in [-0.25, -0.2) is 0 Å². The number of ether oxygens (including phenoxy) is 1. The Balaban J connectivity index is 1.81. The number of nitrogens with zero attached hydrogens (tertiary/aromatic N) is 2. The molecule has 0 saturated carbocycles. The van der Waals surface area contributed by atoms with Crippen LogP contribution in [0.25, 0.3) is 21.7 Å². The molecule has 0 radical (unpaired) electrons. The average Bonchev–Trinajstić information content (AvgIpc) is 3.03. The van der Waals surface area contributed by atoms with E-state index in [1.54, 1.807) is 0 Å². The molecule has 0 bridgehead atoms. The quantitative estimate of drug-likeness (QED) is 0.684. The summed E-state index contributed by atoms with van der Waals surface area (Å²) < 4.78 is 5.26. The predicted octanol–water partition coefficient (Wildman–Crippen LogP) is 3.88. The normalized spacial score (nSPS) is 10.0. The summed E-state index contributed by atoms with van der Waals surface area (Å²) in [6, 6.07) is 18.5. The van der Waals surface area contributed by atoms with Crippen molar-refractivity contribution in [3.63, 3.8) is 0 Å². The Bertz CT molecular complexity index is 757. The molecule has 0 saturated heterocycles. The van der Waals surface area contributed by atoms with Gasteiger partial charge in [0.05, 0.1) is 0 Å². The molecular formula is C17H12N2OS. The number of benzene rings is 2. The molecule has 0 spiro atoms. The molecule has 1 aromatic heterocycles. The van der Waals surface area contributed by atoms with Crippen LogP contribution in [0, 0.1) is 12.3 Å². The molecule has 0 aliphatic carbocycles. The van der Waals surface area contributed by atoms with E-state index in [4.69, 9.17) is 11.2 Å². The summed E-state index contributed by atoms with van der Waals surface area (Å²) in [5.74, 6) is 2.41.